The van der Waals surface area contributed by atoms with Gasteiger partial charge in [-0.1, -0.05) is 24.6 Å². The Balaban J connectivity index is 1.92. The third kappa shape index (κ3) is 6.59. The summed E-state index contributed by atoms with van der Waals surface area (Å²) in [5.41, 5.74) is 3.54. The lowest BCUT2D eigenvalue weighted by Crippen LogP contribution is -2.24. The van der Waals surface area contributed by atoms with Gasteiger partial charge in [0.1, 0.15) is 6.42 Å². The van der Waals surface area contributed by atoms with Gasteiger partial charge in [0, 0.05) is 16.3 Å². The molecule has 0 aliphatic carbocycles. The fraction of sp³-hybridized carbons (Fsp3) is 0.250. The number of anilines is 1. The van der Waals surface area contributed by atoms with Crippen LogP contribution in [0.2, 0.25) is 5.02 Å². The summed E-state index contributed by atoms with van der Waals surface area (Å²) in [6, 6.07) is 12.0. The van der Waals surface area contributed by atoms with Gasteiger partial charge in [-0.3, -0.25) is 9.59 Å². The molecule has 0 atom stereocenters. The highest BCUT2D eigenvalue weighted by Crippen LogP contribution is 2.30. The lowest BCUT2D eigenvalue weighted by Gasteiger charge is -2.12. The van der Waals surface area contributed by atoms with Crippen molar-refractivity contribution in [3.05, 3.63) is 53.1 Å². The Bertz CT molecular complexity index is 838. The molecule has 0 unspecified atom stereocenters. The van der Waals surface area contributed by atoms with Gasteiger partial charge in [0.2, 0.25) is 11.8 Å². The first kappa shape index (κ1) is 21.2. The van der Waals surface area contributed by atoms with E-state index in [2.05, 4.69) is 15.8 Å². The Morgan fingerprint density at radius 1 is 1.14 bits per heavy atom. The van der Waals surface area contributed by atoms with Crippen molar-refractivity contribution in [3.63, 3.8) is 0 Å². The highest BCUT2D eigenvalue weighted by atomic mass is 35.5. The molecule has 0 saturated heterocycles. The summed E-state index contributed by atoms with van der Waals surface area (Å²) in [7, 11) is 1.55. The van der Waals surface area contributed by atoms with E-state index < -0.39 is 11.8 Å². The maximum Gasteiger partial charge on any atom is 0.249 e. The summed E-state index contributed by atoms with van der Waals surface area (Å²) in [5.74, 6) is 0.126. The van der Waals surface area contributed by atoms with Gasteiger partial charge in [0.05, 0.1) is 19.9 Å². The zero-order valence-corrected chi connectivity index (χ0v) is 16.5. The predicted octanol–water partition coefficient (Wildman–Crippen LogP) is 3.62. The number of amides is 2. The number of halogens is 1. The van der Waals surface area contributed by atoms with Crippen molar-refractivity contribution in [2.24, 2.45) is 5.10 Å². The van der Waals surface area contributed by atoms with Crippen LogP contribution in [0.5, 0.6) is 11.5 Å². The molecule has 2 amide bonds. The monoisotopic (exact) mass is 403 g/mol. The molecule has 0 aromatic heterocycles. The largest absolute Gasteiger partial charge is 0.493 e. The second-order valence-corrected chi connectivity index (χ2v) is 6.19. The van der Waals surface area contributed by atoms with Crippen molar-refractivity contribution in [3.8, 4) is 11.5 Å². The summed E-state index contributed by atoms with van der Waals surface area (Å²) in [5, 5.41) is 7.07. The van der Waals surface area contributed by atoms with Crippen LogP contribution in [-0.2, 0) is 9.59 Å². The molecule has 0 aliphatic heterocycles. The Labute approximate surface area is 168 Å². The van der Waals surface area contributed by atoms with Crippen LogP contribution in [-0.4, -0.2) is 31.7 Å². The van der Waals surface area contributed by atoms with E-state index in [9.17, 15) is 9.59 Å². The summed E-state index contributed by atoms with van der Waals surface area (Å²) >= 11 is 5.79. The normalized spacial score (nSPS) is 10.5. The Morgan fingerprint density at radius 2 is 1.89 bits per heavy atom. The molecule has 2 aromatic carbocycles. The number of ether oxygens (including phenoxy) is 2. The zero-order chi connectivity index (χ0) is 20.4. The molecule has 2 N–H and O–H groups in total. The second kappa shape index (κ2) is 10.9. The van der Waals surface area contributed by atoms with E-state index in [4.69, 9.17) is 21.1 Å². The molecule has 0 heterocycles. The molecule has 2 rings (SSSR count). The van der Waals surface area contributed by atoms with E-state index in [0.717, 1.165) is 6.42 Å². The van der Waals surface area contributed by atoms with Gasteiger partial charge in [-0.25, -0.2) is 5.43 Å². The van der Waals surface area contributed by atoms with Crippen molar-refractivity contribution in [2.75, 3.05) is 19.0 Å². The minimum atomic E-state index is -0.540. The van der Waals surface area contributed by atoms with Gasteiger partial charge in [0.25, 0.3) is 0 Å². The number of benzene rings is 2. The van der Waals surface area contributed by atoms with Crippen LogP contribution >= 0.6 is 11.6 Å². The minimum Gasteiger partial charge on any atom is -0.493 e. The molecule has 148 valence electrons. The van der Waals surface area contributed by atoms with E-state index in [1.54, 1.807) is 49.6 Å². The van der Waals surface area contributed by atoms with Crippen LogP contribution in [0.1, 0.15) is 25.3 Å². The summed E-state index contributed by atoms with van der Waals surface area (Å²) in [6.07, 6.45) is 1.92. The van der Waals surface area contributed by atoms with Crippen molar-refractivity contribution in [2.45, 2.75) is 19.8 Å². The first-order chi connectivity index (χ1) is 13.5. The van der Waals surface area contributed by atoms with Gasteiger partial charge in [-0.15, -0.1) is 0 Å². The van der Waals surface area contributed by atoms with E-state index in [1.807, 2.05) is 6.92 Å². The van der Waals surface area contributed by atoms with Gasteiger partial charge < -0.3 is 14.8 Å². The topological polar surface area (TPSA) is 89.0 Å². The molecule has 0 fully saturated rings. The van der Waals surface area contributed by atoms with E-state index in [-0.39, 0.29) is 6.42 Å². The predicted molar refractivity (Wildman–Crippen MR) is 109 cm³/mol. The van der Waals surface area contributed by atoms with Crippen molar-refractivity contribution >= 4 is 35.3 Å². The smallest absolute Gasteiger partial charge is 0.249 e. The SMILES string of the molecule is CCCOc1c(C=NNC(=O)CC(=O)Nc2ccc(Cl)cc2)cccc1OC. The van der Waals surface area contributed by atoms with Crippen molar-refractivity contribution in [1.82, 2.24) is 5.43 Å². The maximum absolute atomic E-state index is 11.9. The maximum atomic E-state index is 11.9. The highest BCUT2D eigenvalue weighted by molar-refractivity contribution is 6.30. The van der Waals surface area contributed by atoms with Crippen molar-refractivity contribution in [1.29, 1.82) is 0 Å². The summed E-state index contributed by atoms with van der Waals surface area (Å²) in [4.78, 5) is 23.8. The van der Waals surface area contributed by atoms with Crippen LogP contribution in [0.4, 0.5) is 5.69 Å². The molecule has 8 heteroatoms. The molecule has 0 saturated carbocycles. The highest BCUT2D eigenvalue weighted by Gasteiger charge is 2.11. The Morgan fingerprint density at radius 3 is 2.57 bits per heavy atom. The van der Waals surface area contributed by atoms with Crippen LogP contribution < -0.4 is 20.2 Å². The number of carbonyl (C=O) groups is 2. The van der Waals surface area contributed by atoms with Crippen molar-refractivity contribution < 1.29 is 19.1 Å². The minimum absolute atomic E-state index is 0.364. The van der Waals surface area contributed by atoms with Gasteiger partial charge in [0.15, 0.2) is 11.5 Å². The number of hydrogen-bond acceptors (Lipinski definition) is 5. The zero-order valence-electron chi connectivity index (χ0n) is 15.7. The number of hydrogen-bond donors (Lipinski definition) is 2. The van der Waals surface area contributed by atoms with E-state index in [0.29, 0.717) is 34.4 Å². The standard InChI is InChI=1S/C20H22ClN3O4/c1-3-11-28-20-14(5-4-6-17(20)27-2)13-22-24-19(26)12-18(25)23-16-9-7-15(21)8-10-16/h4-10,13H,3,11-12H2,1-2H3,(H,23,25)(H,24,26). The molecular formula is C20H22ClN3O4. The lowest BCUT2D eigenvalue weighted by molar-refractivity contribution is -0.126. The molecule has 0 spiro atoms. The number of carbonyl (C=O) groups excluding carboxylic acids is 2. The van der Waals surface area contributed by atoms with Crippen LogP contribution in [0.25, 0.3) is 0 Å². The third-order valence-corrected chi connectivity index (χ3v) is 3.77. The van der Waals surface area contributed by atoms with E-state index >= 15 is 0 Å². The van der Waals surface area contributed by atoms with Crippen LogP contribution in [0.15, 0.2) is 47.6 Å². The van der Waals surface area contributed by atoms with Crippen LogP contribution in [0.3, 0.4) is 0 Å². The van der Waals surface area contributed by atoms with Gasteiger partial charge in [-0.05, 0) is 42.8 Å². The molecule has 0 aliphatic rings. The number of para-hydroxylation sites is 1. The first-order valence-electron chi connectivity index (χ1n) is 8.70. The summed E-state index contributed by atoms with van der Waals surface area (Å²) < 4.78 is 11.0. The van der Waals surface area contributed by atoms with Crippen LogP contribution in [0, 0.1) is 0 Å². The second-order valence-electron chi connectivity index (χ2n) is 5.75. The Hall–Kier alpha value is -3.06. The molecule has 7 nitrogen and oxygen atoms in total. The average Bonchev–Trinajstić information content (AvgIpc) is 2.68. The fourth-order valence-corrected chi connectivity index (χ4v) is 2.38. The summed E-state index contributed by atoms with van der Waals surface area (Å²) in [6.45, 7) is 2.52. The quantitative estimate of drug-likeness (QED) is 0.380. The molecule has 2 aromatic rings. The molecular weight excluding hydrogens is 382 g/mol. The third-order valence-electron chi connectivity index (χ3n) is 3.52. The van der Waals surface area contributed by atoms with Gasteiger partial charge in [-0.2, -0.15) is 5.10 Å². The molecule has 0 bridgehead atoms. The number of nitrogens with one attached hydrogen (secondary N) is 2. The average molecular weight is 404 g/mol. The molecule has 0 radical (unpaired) electrons. The lowest BCUT2D eigenvalue weighted by atomic mass is 10.2. The first-order valence-corrected chi connectivity index (χ1v) is 9.08. The number of hydrazone groups is 1. The number of rotatable bonds is 9. The fourth-order valence-electron chi connectivity index (χ4n) is 2.25. The Kier molecular flexibility index (Phi) is 8.30. The van der Waals surface area contributed by atoms with E-state index in [1.165, 1.54) is 6.21 Å². The van der Waals surface area contributed by atoms with Gasteiger partial charge >= 0.3 is 0 Å². The number of methoxy groups -OCH3 is 1. The molecule has 28 heavy (non-hydrogen) atoms. The number of nitrogens with zero attached hydrogens (tertiary/aromatic N) is 1.